The second-order valence-corrected chi connectivity index (χ2v) is 15.8. The Morgan fingerprint density at radius 2 is 1.19 bits per heavy atom. The second-order valence-electron chi connectivity index (χ2n) is 15.8. The van der Waals surface area contributed by atoms with E-state index in [0.29, 0.717) is 38.8 Å². The van der Waals surface area contributed by atoms with Gasteiger partial charge in [0.05, 0.1) is 12.6 Å². The van der Waals surface area contributed by atoms with E-state index in [1.807, 2.05) is 88.4 Å². The molecule has 2 aromatic carbocycles. The number of nitrogens with one attached hydrogen (secondary N) is 4. The minimum Gasteiger partial charge on any atom is -0.361 e. The highest BCUT2D eigenvalue weighted by Gasteiger charge is 2.50. The van der Waals surface area contributed by atoms with Crippen molar-refractivity contribution in [3.8, 4) is 0 Å². The standard InChI is InChI=1S/C42H61N5O6/c1-29(2)25-34(38(49)42(5)28-53-42)44-41(52)36(27-32-17-11-7-12-18-32)46-40(51)35(26-30(3)4)45-39(50)33(20-19-31-15-9-6-10-16-31)43-37(48)21-24-47-22-13-8-14-23-47/h6-7,9-12,15-18,29-30,33-36H,8,13-14,19-28H2,1-5H3,(H,43,48)(H,44,52)(H,45,50)(H,46,51)/t33-,34-,35-,36-,42+/m0/s1. The minimum atomic E-state index is -1.02. The topological polar surface area (TPSA) is 149 Å². The normalized spacial score (nSPS) is 19.5. The molecular weight excluding hydrogens is 670 g/mol. The van der Waals surface area contributed by atoms with Crippen molar-refractivity contribution >= 4 is 29.4 Å². The number of Topliss-reactive ketones (excluding diaryl/α,β-unsaturated/α-hetero) is 1. The number of piperidine rings is 1. The van der Waals surface area contributed by atoms with Crippen LogP contribution < -0.4 is 21.3 Å². The van der Waals surface area contributed by atoms with Gasteiger partial charge in [-0.25, -0.2) is 0 Å². The average molecular weight is 732 g/mol. The van der Waals surface area contributed by atoms with Gasteiger partial charge >= 0.3 is 0 Å². The lowest BCUT2D eigenvalue weighted by Gasteiger charge is -2.28. The number of hydrogen-bond donors (Lipinski definition) is 4. The average Bonchev–Trinajstić information content (AvgIpc) is 3.90. The number of benzene rings is 2. The first kappa shape index (κ1) is 41.7. The lowest BCUT2D eigenvalue weighted by Crippen LogP contribution is -2.59. The molecule has 4 rings (SSSR count). The van der Waals surface area contributed by atoms with Crippen LogP contribution in [-0.2, 0) is 41.6 Å². The molecule has 0 bridgehead atoms. The van der Waals surface area contributed by atoms with Crippen LogP contribution in [-0.4, -0.2) is 90.3 Å². The van der Waals surface area contributed by atoms with Crippen molar-refractivity contribution < 1.29 is 28.7 Å². The molecule has 2 aliphatic rings. The van der Waals surface area contributed by atoms with E-state index >= 15 is 0 Å². The maximum atomic E-state index is 14.1. The number of epoxide rings is 1. The molecule has 11 heteroatoms. The summed E-state index contributed by atoms with van der Waals surface area (Å²) in [5, 5.41) is 11.8. The van der Waals surface area contributed by atoms with Gasteiger partial charge in [-0.15, -0.1) is 0 Å². The van der Waals surface area contributed by atoms with Crippen molar-refractivity contribution in [2.24, 2.45) is 11.8 Å². The molecule has 0 unspecified atom stereocenters. The quantitative estimate of drug-likeness (QED) is 0.141. The zero-order valence-corrected chi connectivity index (χ0v) is 32.3. The predicted octanol–water partition coefficient (Wildman–Crippen LogP) is 4.13. The molecule has 5 atom stereocenters. The van der Waals surface area contributed by atoms with E-state index in [-0.39, 0.29) is 36.4 Å². The maximum Gasteiger partial charge on any atom is 0.243 e. The summed E-state index contributed by atoms with van der Waals surface area (Å²) in [4.78, 5) is 70.9. The number of aryl methyl sites for hydroxylation is 1. The van der Waals surface area contributed by atoms with Crippen LogP contribution in [0.5, 0.6) is 0 Å². The van der Waals surface area contributed by atoms with Crippen molar-refractivity contribution in [3.05, 3.63) is 71.8 Å². The monoisotopic (exact) mass is 731 g/mol. The predicted molar refractivity (Wildman–Crippen MR) is 206 cm³/mol. The van der Waals surface area contributed by atoms with Gasteiger partial charge in [-0.05, 0) is 81.5 Å². The number of hydrogen-bond acceptors (Lipinski definition) is 7. The van der Waals surface area contributed by atoms with Crippen LogP contribution in [0.1, 0.15) is 90.7 Å². The Labute approximate surface area is 315 Å². The molecule has 2 heterocycles. The Morgan fingerprint density at radius 1 is 0.679 bits per heavy atom. The zero-order valence-electron chi connectivity index (χ0n) is 32.3. The summed E-state index contributed by atoms with van der Waals surface area (Å²) in [6.07, 6.45) is 5.59. The van der Waals surface area contributed by atoms with Gasteiger partial charge in [0.2, 0.25) is 23.6 Å². The van der Waals surface area contributed by atoms with Crippen LogP contribution >= 0.6 is 0 Å². The number of amides is 4. The van der Waals surface area contributed by atoms with Crippen LogP contribution in [0.2, 0.25) is 0 Å². The molecule has 4 amide bonds. The number of likely N-dealkylation sites (tertiary alicyclic amines) is 1. The Balaban J connectivity index is 1.50. The third-order valence-corrected chi connectivity index (χ3v) is 10.0. The number of nitrogens with zero attached hydrogens (tertiary/aromatic N) is 1. The van der Waals surface area contributed by atoms with Crippen molar-refractivity contribution in [1.29, 1.82) is 0 Å². The summed E-state index contributed by atoms with van der Waals surface area (Å²) in [5.41, 5.74) is 0.947. The zero-order chi connectivity index (χ0) is 38.4. The molecule has 290 valence electrons. The largest absolute Gasteiger partial charge is 0.361 e. The second kappa shape index (κ2) is 20.4. The van der Waals surface area contributed by atoms with Gasteiger partial charge < -0.3 is 30.9 Å². The van der Waals surface area contributed by atoms with Crippen molar-refractivity contribution in [2.45, 2.75) is 122 Å². The fraction of sp³-hybridized carbons (Fsp3) is 0.595. The van der Waals surface area contributed by atoms with E-state index in [1.54, 1.807) is 6.92 Å². The summed E-state index contributed by atoms with van der Waals surface area (Å²) in [6, 6.07) is 15.5. The number of ether oxygens (including phenoxy) is 1. The fourth-order valence-corrected chi connectivity index (χ4v) is 6.83. The molecule has 2 fully saturated rings. The summed E-state index contributed by atoms with van der Waals surface area (Å²) in [6.45, 7) is 12.5. The molecule has 0 spiro atoms. The van der Waals surface area contributed by atoms with Gasteiger partial charge in [0.25, 0.3) is 0 Å². The molecular formula is C42H61N5O6. The van der Waals surface area contributed by atoms with E-state index in [2.05, 4.69) is 26.2 Å². The van der Waals surface area contributed by atoms with Crippen LogP contribution in [0.25, 0.3) is 0 Å². The molecule has 4 N–H and O–H groups in total. The van der Waals surface area contributed by atoms with Crippen molar-refractivity contribution in [2.75, 3.05) is 26.2 Å². The lowest BCUT2D eigenvalue weighted by molar-refractivity contribution is -0.135. The van der Waals surface area contributed by atoms with Gasteiger partial charge in [0.15, 0.2) is 5.78 Å². The van der Waals surface area contributed by atoms with Crippen LogP contribution in [0.4, 0.5) is 0 Å². The molecule has 2 aliphatic heterocycles. The molecule has 0 aliphatic carbocycles. The van der Waals surface area contributed by atoms with Gasteiger partial charge in [0, 0.05) is 19.4 Å². The molecule has 2 aromatic rings. The first-order valence-corrected chi connectivity index (χ1v) is 19.5. The van der Waals surface area contributed by atoms with E-state index in [9.17, 15) is 24.0 Å². The van der Waals surface area contributed by atoms with E-state index < -0.39 is 47.5 Å². The summed E-state index contributed by atoms with van der Waals surface area (Å²) in [7, 11) is 0. The minimum absolute atomic E-state index is 0.0293. The third kappa shape index (κ3) is 14.0. The lowest BCUT2D eigenvalue weighted by atomic mass is 9.93. The molecule has 0 aromatic heterocycles. The Morgan fingerprint density at radius 3 is 1.77 bits per heavy atom. The van der Waals surface area contributed by atoms with E-state index in [4.69, 9.17) is 4.74 Å². The first-order chi connectivity index (χ1) is 25.3. The Bertz CT molecular complexity index is 1490. The maximum absolute atomic E-state index is 14.1. The van der Waals surface area contributed by atoms with Gasteiger partial charge in [-0.3, -0.25) is 24.0 Å². The molecule has 0 radical (unpaired) electrons. The van der Waals surface area contributed by atoms with Crippen LogP contribution in [0.3, 0.4) is 0 Å². The number of ketones is 1. The molecule has 0 saturated carbocycles. The number of rotatable bonds is 21. The SMILES string of the molecule is CC(C)C[C@H](NC(=O)[C@H](CCc1ccccc1)NC(=O)CCN1CCCCC1)C(=O)N[C@@H](Cc1ccccc1)C(=O)N[C@@H](CC(C)C)C(=O)[C@@]1(C)CO1. The molecule has 53 heavy (non-hydrogen) atoms. The Hall–Kier alpha value is -4.09. The van der Waals surface area contributed by atoms with Crippen LogP contribution in [0.15, 0.2) is 60.7 Å². The summed E-state index contributed by atoms with van der Waals surface area (Å²) >= 11 is 0. The van der Waals surface area contributed by atoms with E-state index in [1.165, 1.54) is 6.42 Å². The van der Waals surface area contributed by atoms with Gasteiger partial charge in [-0.2, -0.15) is 0 Å². The number of carbonyl (C=O) groups is 5. The van der Waals surface area contributed by atoms with E-state index in [0.717, 1.165) is 37.1 Å². The van der Waals surface area contributed by atoms with Crippen LogP contribution in [0, 0.1) is 11.8 Å². The summed E-state index contributed by atoms with van der Waals surface area (Å²) < 4.78 is 5.42. The van der Waals surface area contributed by atoms with Gasteiger partial charge in [0.1, 0.15) is 23.7 Å². The van der Waals surface area contributed by atoms with Gasteiger partial charge in [-0.1, -0.05) is 94.8 Å². The first-order valence-electron chi connectivity index (χ1n) is 19.5. The molecule has 11 nitrogen and oxygen atoms in total. The van der Waals surface area contributed by atoms with Crippen molar-refractivity contribution in [1.82, 2.24) is 26.2 Å². The third-order valence-electron chi connectivity index (χ3n) is 10.0. The highest BCUT2D eigenvalue weighted by atomic mass is 16.6. The highest BCUT2D eigenvalue weighted by Crippen LogP contribution is 2.29. The smallest absolute Gasteiger partial charge is 0.243 e. The summed E-state index contributed by atoms with van der Waals surface area (Å²) in [5.74, 6) is -1.68. The Kier molecular flexibility index (Phi) is 16.0. The number of carbonyl (C=O) groups excluding carboxylic acids is 5. The highest BCUT2D eigenvalue weighted by molar-refractivity contribution is 5.98. The fourth-order valence-electron chi connectivity index (χ4n) is 6.83. The molecule has 2 saturated heterocycles. The van der Waals surface area contributed by atoms with Crippen molar-refractivity contribution in [3.63, 3.8) is 0 Å².